The Hall–Kier alpha value is -2.75. The van der Waals surface area contributed by atoms with Crippen molar-refractivity contribution in [1.82, 2.24) is 15.5 Å². The second-order valence-electron chi connectivity index (χ2n) is 4.83. The number of alkyl halides is 3. The highest BCUT2D eigenvalue weighted by Crippen LogP contribution is 2.33. The van der Waals surface area contributed by atoms with Gasteiger partial charge < -0.3 is 10.6 Å². The maximum atomic E-state index is 12.5. The minimum absolute atomic E-state index is 0.0823. The maximum absolute atomic E-state index is 12.5. The molecule has 0 saturated carbocycles. The van der Waals surface area contributed by atoms with Crippen molar-refractivity contribution in [2.75, 3.05) is 5.32 Å². The van der Waals surface area contributed by atoms with E-state index in [4.69, 9.17) is 0 Å². The number of halogens is 3. The first-order valence-electron chi connectivity index (χ1n) is 6.97. The molecule has 0 unspecified atom stereocenters. The van der Waals surface area contributed by atoms with Crippen molar-refractivity contribution in [3.05, 3.63) is 53.1 Å². The smallest absolute Gasteiger partial charge is 0.348 e. The summed E-state index contributed by atoms with van der Waals surface area (Å²) >= 11 is 0.253. The van der Waals surface area contributed by atoms with Gasteiger partial charge in [-0.15, -0.1) is 10.2 Å². The third-order valence-corrected chi connectivity index (χ3v) is 3.91. The summed E-state index contributed by atoms with van der Waals surface area (Å²) in [6, 6.07) is 6.89. The Labute approximate surface area is 144 Å². The number of nitrogens with one attached hydrogen (secondary N) is 2. The molecule has 2 aromatic rings. The highest BCUT2D eigenvalue weighted by molar-refractivity contribution is 7.15. The van der Waals surface area contributed by atoms with Crippen molar-refractivity contribution >= 4 is 28.3 Å². The molecule has 0 aliphatic rings. The number of hydrogen-bond donors (Lipinski definition) is 2. The van der Waals surface area contributed by atoms with Crippen LogP contribution in [0, 0.1) is 0 Å². The van der Waals surface area contributed by atoms with E-state index in [1.54, 1.807) is 24.3 Å². The van der Waals surface area contributed by atoms with Crippen LogP contribution in [0.5, 0.6) is 0 Å². The number of rotatable bonds is 6. The molecule has 132 valence electrons. The van der Waals surface area contributed by atoms with Gasteiger partial charge in [0.1, 0.15) is 0 Å². The summed E-state index contributed by atoms with van der Waals surface area (Å²) in [5.74, 6) is -0.889. The lowest BCUT2D eigenvalue weighted by atomic mass is 10.0. The van der Waals surface area contributed by atoms with Crippen LogP contribution in [0.25, 0.3) is 0 Å². The molecule has 25 heavy (non-hydrogen) atoms. The fourth-order valence-corrected chi connectivity index (χ4v) is 2.51. The van der Waals surface area contributed by atoms with Crippen molar-refractivity contribution in [3.63, 3.8) is 0 Å². The second kappa shape index (κ2) is 7.88. The summed E-state index contributed by atoms with van der Waals surface area (Å²) in [4.78, 5) is 23.3. The summed E-state index contributed by atoms with van der Waals surface area (Å²) in [5, 5.41) is 9.83. The van der Waals surface area contributed by atoms with E-state index in [0.29, 0.717) is 11.1 Å². The van der Waals surface area contributed by atoms with Crippen LogP contribution in [0.1, 0.15) is 16.1 Å². The summed E-state index contributed by atoms with van der Waals surface area (Å²) in [6.07, 6.45) is -3.55. The SMILES string of the molecule is C=CC(=O)NCc1ccccc1CC(=O)Nc1nnc(C(F)(F)F)s1. The van der Waals surface area contributed by atoms with Crippen molar-refractivity contribution < 1.29 is 22.8 Å². The molecule has 0 aliphatic heterocycles. The number of benzene rings is 1. The first-order valence-corrected chi connectivity index (χ1v) is 7.79. The van der Waals surface area contributed by atoms with E-state index in [1.807, 2.05) is 0 Å². The molecule has 0 spiro atoms. The van der Waals surface area contributed by atoms with Gasteiger partial charge in [-0.05, 0) is 17.2 Å². The quantitative estimate of drug-likeness (QED) is 0.766. The molecular formula is C15H13F3N4O2S. The predicted molar refractivity (Wildman–Crippen MR) is 85.7 cm³/mol. The van der Waals surface area contributed by atoms with Crippen LogP contribution in [-0.2, 0) is 28.7 Å². The molecule has 0 atom stereocenters. The van der Waals surface area contributed by atoms with Gasteiger partial charge in [0, 0.05) is 6.54 Å². The molecule has 10 heteroatoms. The van der Waals surface area contributed by atoms with Gasteiger partial charge in [-0.3, -0.25) is 9.59 Å². The van der Waals surface area contributed by atoms with Gasteiger partial charge in [-0.25, -0.2) is 0 Å². The van der Waals surface area contributed by atoms with Crippen LogP contribution in [0.15, 0.2) is 36.9 Å². The zero-order valence-corrected chi connectivity index (χ0v) is 13.6. The standard InChI is InChI=1S/C15H13F3N4O2S/c1-2-11(23)19-8-10-6-4-3-5-9(10)7-12(24)20-14-22-21-13(25-14)15(16,17)18/h2-6H,1,7-8H2,(H,19,23)(H,20,22,24). The minimum Gasteiger partial charge on any atom is -0.348 e. The van der Waals surface area contributed by atoms with Crippen molar-refractivity contribution in [2.45, 2.75) is 19.1 Å². The first kappa shape index (κ1) is 18.6. The molecular weight excluding hydrogens is 357 g/mol. The Kier molecular flexibility index (Phi) is 5.86. The van der Waals surface area contributed by atoms with E-state index in [2.05, 4.69) is 27.4 Å². The van der Waals surface area contributed by atoms with Crippen molar-refractivity contribution in [2.24, 2.45) is 0 Å². The Morgan fingerprint density at radius 1 is 1.20 bits per heavy atom. The molecule has 6 nitrogen and oxygen atoms in total. The molecule has 1 aromatic heterocycles. The molecule has 1 heterocycles. The fourth-order valence-electron chi connectivity index (χ4n) is 1.88. The van der Waals surface area contributed by atoms with E-state index >= 15 is 0 Å². The molecule has 2 amide bonds. The van der Waals surface area contributed by atoms with Gasteiger partial charge in [-0.1, -0.05) is 42.2 Å². The van der Waals surface area contributed by atoms with E-state index in [-0.39, 0.29) is 35.3 Å². The molecule has 1 aromatic carbocycles. The van der Waals surface area contributed by atoms with Gasteiger partial charge in [0.2, 0.25) is 22.0 Å². The highest BCUT2D eigenvalue weighted by Gasteiger charge is 2.35. The van der Waals surface area contributed by atoms with E-state index in [0.717, 1.165) is 6.08 Å². The summed E-state index contributed by atoms with van der Waals surface area (Å²) in [5.41, 5.74) is 1.34. The molecule has 0 bridgehead atoms. The molecule has 2 rings (SSSR count). The molecule has 0 fully saturated rings. The molecule has 0 saturated heterocycles. The van der Waals surface area contributed by atoms with Gasteiger partial charge in [0.15, 0.2) is 0 Å². The molecule has 0 radical (unpaired) electrons. The number of aromatic nitrogens is 2. The largest absolute Gasteiger partial charge is 0.445 e. The fraction of sp³-hybridized carbons (Fsp3) is 0.200. The summed E-state index contributed by atoms with van der Waals surface area (Å²) in [6.45, 7) is 3.54. The Bertz CT molecular complexity index is 789. The Balaban J connectivity index is 2.02. The predicted octanol–water partition coefficient (Wildman–Crippen LogP) is 2.54. The van der Waals surface area contributed by atoms with Crippen LogP contribution >= 0.6 is 11.3 Å². The van der Waals surface area contributed by atoms with Crippen LogP contribution in [0.2, 0.25) is 0 Å². The first-order chi connectivity index (χ1) is 11.8. The number of hydrogen-bond acceptors (Lipinski definition) is 5. The number of amides is 2. The molecule has 0 aliphatic carbocycles. The second-order valence-corrected chi connectivity index (χ2v) is 5.80. The van der Waals surface area contributed by atoms with Crippen LogP contribution in [-0.4, -0.2) is 22.0 Å². The molecule has 2 N–H and O–H groups in total. The maximum Gasteiger partial charge on any atom is 0.445 e. The lowest BCUT2D eigenvalue weighted by molar-refractivity contribution is -0.138. The summed E-state index contributed by atoms with van der Waals surface area (Å²) in [7, 11) is 0. The van der Waals surface area contributed by atoms with Crippen molar-refractivity contribution in [3.8, 4) is 0 Å². The number of nitrogens with zero attached hydrogens (tertiary/aromatic N) is 2. The van der Waals surface area contributed by atoms with E-state index in [1.165, 1.54) is 0 Å². The van der Waals surface area contributed by atoms with E-state index in [9.17, 15) is 22.8 Å². The minimum atomic E-state index is -4.60. The lowest BCUT2D eigenvalue weighted by Gasteiger charge is -2.09. The van der Waals surface area contributed by atoms with Gasteiger partial charge in [-0.2, -0.15) is 13.2 Å². The normalized spacial score (nSPS) is 11.0. The Morgan fingerprint density at radius 3 is 2.48 bits per heavy atom. The average Bonchev–Trinajstić information content (AvgIpc) is 3.02. The monoisotopic (exact) mass is 370 g/mol. The topological polar surface area (TPSA) is 84.0 Å². The zero-order chi connectivity index (χ0) is 18.4. The zero-order valence-electron chi connectivity index (χ0n) is 12.8. The van der Waals surface area contributed by atoms with Gasteiger partial charge in [0.05, 0.1) is 6.42 Å². The van der Waals surface area contributed by atoms with Crippen molar-refractivity contribution in [1.29, 1.82) is 0 Å². The highest BCUT2D eigenvalue weighted by atomic mass is 32.1. The third kappa shape index (κ3) is 5.38. The third-order valence-electron chi connectivity index (χ3n) is 3.02. The van der Waals surface area contributed by atoms with Gasteiger partial charge >= 0.3 is 6.18 Å². The van der Waals surface area contributed by atoms with Gasteiger partial charge in [0.25, 0.3) is 0 Å². The van der Waals surface area contributed by atoms with Crippen LogP contribution < -0.4 is 10.6 Å². The number of carbonyl (C=O) groups excluding carboxylic acids is 2. The Morgan fingerprint density at radius 2 is 1.88 bits per heavy atom. The van der Waals surface area contributed by atoms with Crippen LogP contribution in [0.3, 0.4) is 0 Å². The number of anilines is 1. The lowest BCUT2D eigenvalue weighted by Crippen LogP contribution is -2.22. The summed E-state index contributed by atoms with van der Waals surface area (Å²) < 4.78 is 37.4. The number of carbonyl (C=O) groups is 2. The van der Waals surface area contributed by atoms with Crippen LogP contribution in [0.4, 0.5) is 18.3 Å². The van der Waals surface area contributed by atoms with E-state index < -0.39 is 17.1 Å². The average molecular weight is 370 g/mol.